The number of hydrogen-bond donors (Lipinski definition) is 0. The van der Waals surface area contributed by atoms with Crippen molar-refractivity contribution in [2.24, 2.45) is 0 Å². The van der Waals surface area contributed by atoms with Crippen LogP contribution in [-0.2, 0) is 6.61 Å². The zero-order valence-corrected chi connectivity index (χ0v) is 15.4. The van der Waals surface area contributed by atoms with E-state index in [1.807, 2.05) is 68.4 Å². The van der Waals surface area contributed by atoms with Crippen LogP contribution in [0.4, 0.5) is 0 Å². The largest absolute Gasteiger partial charge is 0.489 e. The van der Waals surface area contributed by atoms with Gasteiger partial charge in [-0.2, -0.15) is 0 Å². The fourth-order valence-electron chi connectivity index (χ4n) is 3.18. The van der Waals surface area contributed by atoms with Gasteiger partial charge in [-0.25, -0.2) is 4.79 Å². The minimum Gasteiger partial charge on any atom is -0.489 e. The van der Waals surface area contributed by atoms with E-state index < -0.39 is 0 Å². The summed E-state index contributed by atoms with van der Waals surface area (Å²) >= 11 is 0. The van der Waals surface area contributed by atoms with Crippen molar-refractivity contribution in [1.29, 1.82) is 0 Å². The molecule has 0 amide bonds. The Labute approximate surface area is 157 Å². The standard InChI is InChI=1S/C24H20O3/c1-16-8-13-22-20(14-23(25)27-24(22)17(16)2)15-26-21-11-9-19(10-12-21)18-6-4-3-5-7-18/h3-14H,15H2,1-2H3. The van der Waals surface area contributed by atoms with Crippen molar-refractivity contribution in [3.63, 3.8) is 0 Å². The first-order chi connectivity index (χ1) is 13.1. The third-order valence-electron chi connectivity index (χ3n) is 4.87. The molecule has 0 radical (unpaired) electrons. The lowest BCUT2D eigenvalue weighted by Crippen LogP contribution is -2.05. The van der Waals surface area contributed by atoms with Gasteiger partial charge in [0.25, 0.3) is 0 Å². The lowest BCUT2D eigenvalue weighted by Gasteiger charge is -2.11. The maximum Gasteiger partial charge on any atom is 0.336 e. The van der Waals surface area contributed by atoms with Gasteiger partial charge in [0.15, 0.2) is 0 Å². The molecule has 0 fully saturated rings. The maximum atomic E-state index is 12.0. The van der Waals surface area contributed by atoms with Crippen molar-refractivity contribution in [2.45, 2.75) is 20.5 Å². The Balaban J connectivity index is 1.59. The summed E-state index contributed by atoms with van der Waals surface area (Å²) in [5.41, 5.74) is 5.51. The second-order valence-electron chi connectivity index (χ2n) is 6.65. The van der Waals surface area contributed by atoms with Gasteiger partial charge in [0.2, 0.25) is 0 Å². The Bertz CT molecular complexity index is 1140. The van der Waals surface area contributed by atoms with E-state index in [4.69, 9.17) is 9.15 Å². The first-order valence-corrected chi connectivity index (χ1v) is 8.93. The van der Waals surface area contributed by atoms with Gasteiger partial charge in [-0.3, -0.25) is 0 Å². The number of rotatable bonds is 4. The van der Waals surface area contributed by atoms with Crippen LogP contribution >= 0.6 is 0 Å². The molecule has 0 bridgehead atoms. The normalized spacial score (nSPS) is 10.9. The highest BCUT2D eigenvalue weighted by Gasteiger charge is 2.10. The maximum absolute atomic E-state index is 12.0. The molecule has 3 heteroatoms. The molecule has 3 nitrogen and oxygen atoms in total. The molecule has 4 aromatic rings. The Morgan fingerprint density at radius 2 is 1.56 bits per heavy atom. The van der Waals surface area contributed by atoms with E-state index in [1.165, 1.54) is 11.6 Å². The van der Waals surface area contributed by atoms with Crippen LogP contribution in [0.25, 0.3) is 22.1 Å². The minimum atomic E-state index is -0.353. The van der Waals surface area contributed by atoms with E-state index in [0.717, 1.165) is 33.4 Å². The average molecular weight is 356 g/mol. The summed E-state index contributed by atoms with van der Waals surface area (Å²) in [6, 6.07) is 23.7. The summed E-state index contributed by atoms with van der Waals surface area (Å²) in [6.45, 7) is 4.29. The van der Waals surface area contributed by atoms with Gasteiger partial charge in [-0.15, -0.1) is 0 Å². The highest BCUT2D eigenvalue weighted by atomic mass is 16.5. The van der Waals surface area contributed by atoms with Crippen molar-refractivity contribution in [3.05, 3.63) is 99.9 Å². The molecular formula is C24H20O3. The molecule has 0 N–H and O–H groups in total. The summed E-state index contributed by atoms with van der Waals surface area (Å²) in [5.74, 6) is 0.764. The van der Waals surface area contributed by atoms with Crippen LogP contribution in [0.1, 0.15) is 16.7 Å². The minimum absolute atomic E-state index is 0.315. The first kappa shape index (κ1) is 17.1. The number of hydrogen-bond acceptors (Lipinski definition) is 3. The van der Waals surface area contributed by atoms with Gasteiger partial charge in [0.05, 0.1) is 0 Å². The Kier molecular flexibility index (Phi) is 4.51. The van der Waals surface area contributed by atoms with Crippen LogP contribution in [0.2, 0.25) is 0 Å². The topological polar surface area (TPSA) is 39.4 Å². The lowest BCUT2D eigenvalue weighted by atomic mass is 10.0. The molecule has 4 rings (SSSR count). The highest BCUT2D eigenvalue weighted by molar-refractivity contribution is 5.83. The molecule has 1 heterocycles. The third kappa shape index (κ3) is 3.49. The molecule has 134 valence electrons. The molecule has 0 unspecified atom stereocenters. The molecule has 0 spiro atoms. The van der Waals surface area contributed by atoms with E-state index in [9.17, 15) is 4.79 Å². The SMILES string of the molecule is Cc1ccc2c(COc3ccc(-c4ccccc4)cc3)cc(=O)oc2c1C. The average Bonchev–Trinajstić information content (AvgIpc) is 2.70. The number of benzene rings is 3. The van der Waals surface area contributed by atoms with E-state index in [1.54, 1.807) is 0 Å². The van der Waals surface area contributed by atoms with Crippen LogP contribution in [0, 0.1) is 13.8 Å². The number of aryl methyl sites for hydroxylation is 2. The monoisotopic (exact) mass is 356 g/mol. The van der Waals surface area contributed by atoms with Crippen molar-refractivity contribution in [2.75, 3.05) is 0 Å². The van der Waals surface area contributed by atoms with Crippen LogP contribution < -0.4 is 10.4 Å². The second-order valence-corrected chi connectivity index (χ2v) is 6.65. The number of fused-ring (bicyclic) bond motifs is 1. The van der Waals surface area contributed by atoms with Gasteiger partial charge in [-0.1, -0.05) is 54.6 Å². The molecule has 0 saturated carbocycles. The summed E-state index contributed by atoms with van der Waals surface area (Å²) in [5, 5.41) is 0.915. The van der Waals surface area contributed by atoms with Crippen molar-refractivity contribution < 1.29 is 9.15 Å². The molecule has 3 aromatic carbocycles. The molecule has 0 saturated heterocycles. The van der Waals surface area contributed by atoms with Crippen LogP contribution in [-0.4, -0.2) is 0 Å². The molecule has 0 atom stereocenters. The molecule has 1 aromatic heterocycles. The molecule has 27 heavy (non-hydrogen) atoms. The molecule has 0 aliphatic rings. The van der Waals surface area contributed by atoms with Gasteiger partial charge in [-0.05, 0) is 48.2 Å². The van der Waals surface area contributed by atoms with Crippen molar-refractivity contribution >= 4 is 11.0 Å². The smallest absolute Gasteiger partial charge is 0.336 e. The van der Waals surface area contributed by atoms with E-state index >= 15 is 0 Å². The highest BCUT2D eigenvalue weighted by Crippen LogP contribution is 2.26. The summed E-state index contributed by atoms with van der Waals surface area (Å²) in [7, 11) is 0. The summed E-state index contributed by atoms with van der Waals surface area (Å²) in [4.78, 5) is 12.0. The van der Waals surface area contributed by atoms with Crippen molar-refractivity contribution in [3.8, 4) is 16.9 Å². The first-order valence-electron chi connectivity index (χ1n) is 8.93. The predicted octanol–water partition coefficient (Wildman–Crippen LogP) is 5.66. The zero-order chi connectivity index (χ0) is 18.8. The van der Waals surface area contributed by atoms with Crippen LogP contribution in [0.3, 0.4) is 0 Å². The van der Waals surface area contributed by atoms with E-state index in [2.05, 4.69) is 12.1 Å². The Morgan fingerprint density at radius 1 is 0.852 bits per heavy atom. The van der Waals surface area contributed by atoms with E-state index in [0.29, 0.717) is 12.2 Å². The quantitative estimate of drug-likeness (QED) is 0.443. The second kappa shape index (κ2) is 7.12. The molecular weight excluding hydrogens is 336 g/mol. The Hall–Kier alpha value is -3.33. The van der Waals surface area contributed by atoms with Crippen LogP contribution in [0.15, 0.2) is 82.0 Å². The zero-order valence-electron chi connectivity index (χ0n) is 15.4. The Morgan fingerprint density at radius 3 is 2.30 bits per heavy atom. The fourth-order valence-corrected chi connectivity index (χ4v) is 3.18. The summed E-state index contributed by atoms with van der Waals surface area (Å²) in [6.07, 6.45) is 0. The van der Waals surface area contributed by atoms with Crippen LogP contribution in [0.5, 0.6) is 5.75 Å². The fraction of sp³-hybridized carbons (Fsp3) is 0.125. The third-order valence-corrected chi connectivity index (χ3v) is 4.87. The lowest BCUT2D eigenvalue weighted by molar-refractivity contribution is 0.306. The molecule has 0 aliphatic carbocycles. The predicted molar refractivity (Wildman–Crippen MR) is 108 cm³/mol. The van der Waals surface area contributed by atoms with Gasteiger partial charge >= 0.3 is 5.63 Å². The van der Waals surface area contributed by atoms with Gasteiger partial charge < -0.3 is 9.15 Å². The number of ether oxygens (including phenoxy) is 1. The van der Waals surface area contributed by atoms with E-state index in [-0.39, 0.29) is 5.63 Å². The van der Waals surface area contributed by atoms with Gasteiger partial charge in [0.1, 0.15) is 17.9 Å². The summed E-state index contributed by atoms with van der Waals surface area (Å²) < 4.78 is 11.4. The van der Waals surface area contributed by atoms with Crippen molar-refractivity contribution in [1.82, 2.24) is 0 Å². The van der Waals surface area contributed by atoms with Gasteiger partial charge in [0, 0.05) is 17.0 Å². The molecule has 0 aliphatic heterocycles.